The largest absolute Gasteiger partial charge is 0.325 e. The Kier molecular flexibility index (Phi) is 6.95. The van der Waals surface area contributed by atoms with Gasteiger partial charge in [0.2, 0.25) is 15.9 Å². The lowest BCUT2D eigenvalue weighted by Crippen LogP contribution is -2.42. The number of rotatable bonds is 7. The lowest BCUT2D eigenvalue weighted by atomic mass is 9.92. The topological polar surface area (TPSA) is 116 Å². The minimum absolute atomic E-state index is 0.0206. The highest BCUT2D eigenvalue weighted by Gasteiger charge is 2.49. The van der Waals surface area contributed by atoms with E-state index in [0.717, 1.165) is 37.0 Å². The SMILES string of the molecule is CN(C1CCCCC1)S(=O)(=O)c1ccccc1NC(=O)CN1C(=O)N[C@](C)(c2ccccc2)C1=O. The second-order valence-electron chi connectivity index (χ2n) is 9.17. The highest BCUT2D eigenvalue weighted by molar-refractivity contribution is 7.89. The summed E-state index contributed by atoms with van der Waals surface area (Å²) < 4.78 is 28.1. The fraction of sp³-hybridized carbons (Fsp3) is 0.400. The molecule has 1 atom stereocenters. The van der Waals surface area contributed by atoms with Gasteiger partial charge in [-0.15, -0.1) is 0 Å². The number of nitrogens with zero attached hydrogens (tertiary/aromatic N) is 2. The lowest BCUT2D eigenvalue weighted by molar-refractivity contribution is -0.133. The van der Waals surface area contributed by atoms with Crippen molar-refractivity contribution in [2.75, 3.05) is 18.9 Å². The van der Waals surface area contributed by atoms with Gasteiger partial charge in [0.05, 0.1) is 5.69 Å². The summed E-state index contributed by atoms with van der Waals surface area (Å²) in [5, 5.41) is 5.25. The Labute approximate surface area is 205 Å². The maximum atomic E-state index is 13.4. The Bertz CT molecular complexity index is 1230. The third-order valence-corrected chi connectivity index (χ3v) is 8.80. The van der Waals surface area contributed by atoms with E-state index in [2.05, 4.69) is 10.6 Å². The van der Waals surface area contributed by atoms with Crippen molar-refractivity contribution in [1.82, 2.24) is 14.5 Å². The molecule has 4 rings (SSSR count). The van der Waals surface area contributed by atoms with E-state index in [9.17, 15) is 22.8 Å². The van der Waals surface area contributed by atoms with Crippen molar-refractivity contribution in [2.45, 2.75) is 55.5 Å². The number of nitrogens with one attached hydrogen (secondary N) is 2. The summed E-state index contributed by atoms with van der Waals surface area (Å²) in [5.41, 5.74) is -0.579. The molecule has 186 valence electrons. The van der Waals surface area contributed by atoms with E-state index in [1.807, 2.05) is 0 Å². The Balaban J connectivity index is 1.50. The van der Waals surface area contributed by atoms with Crippen LogP contribution < -0.4 is 10.6 Å². The third kappa shape index (κ3) is 4.81. The van der Waals surface area contributed by atoms with Crippen LogP contribution in [0, 0.1) is 0 Å². The van der Waals surface area contributed by atoms with E-state index < -0.39 is 40.0 Å². The van der Waals surface area contributed by atoms with Crippen LogP contribution >= 0.6 is 0 Å². The normalized spacial score (nSPS) is 21.3. The molecule has 1 heterocycles. The van der Waals surface area contributed by atoms with Gasteiger partial charge in [-0.25, -0.2) is 13.2 Å². The van der Waals surface area contributed by atoms with Crippen molar-refractivity contribution in [3.05, 3.63) is 60.2 Å². The molecular weight excluding hydrogens is 468 g/mol. The van der Waals surface area contributed by atoms with Crippen LogP contribution in [0.1, 0.15) is 44.6 Å². The van der Waals surface area contributed by atoms with Crippen molar-refractivity contribution in [3.63, 3.8) is 0 Å². The minimum atomic E-state index is -3.86. The fourth-order valence-corrected chi connectivity index (χ4v) is 6.29. The van der Waals surface area contributed by atoms with Gasteiger partial charge in [-0.2, -0.15) is 4.31 Å². The van der Waals surface area contributed by atoms with E-state index in [1.54, 1.807) is 56.4 Å². The molecule has 0 aromatic heterocycles. The van der Waals surface area contributed by atoms with Crippen molar-refractivity contribution in [1.29, 1.82) is 0 Å². The average molecular weight is 499 g/mol. The number of hydrogen-bond donors (Lipinski definition) is 2. The Morgan fingerprint density at radius 3 is 2.37 bits per heavy atom. The molecule has 1 saturated carbocycles. The highest BCUT2D eigenvalue weighted by Crippen LogP contribution is 2.31. The van der Waals surface area contributed by atoms with Crippen LogP contribution in [0.15, 0.2) is 59.5 Å². The van der Waals surface area contributed by atoms with E-state index in [-0.39, 0.29) is 16.6 Å². The maximum absolute atomic E-state index is 13.4. The number of hydrogen-bond acceptors (Lipinski definition) is 5. The van der Waals surface area contributed by atoms with Gasteiger partial charge >= 0.3 is 6.03 Å². The first-order valence-electron chi connectivity index (χ1n) is 11.7. The minimum Gasteiger partial charge on any atom is -0.323 e. The molecule has 2 N–H and O–H groups in total. The van der Waals surface area contributed by atoms with Gasteiger partial charge in [-0.05, 0) is 37.5 Å². The molecule has 0 unspecified atom stereocenters. The van der Waals surface area contributed by atoms with Crippen LogP contribution in [-0.2, 0) is 25.2 Å². The van der Waals surface area contributed by atoms with Gasteiger partial charge in [-0.3, -0.25) is 14.5 Å². The molecule has 4 amide bonds. The molecule has 2 aromatic carbocycles. The summed E-state index contributed by atoms with van der Waals surface area (Å²) in [7, 11) is -2.29. The first kappa shape index (κ1) is 24.9. The summed E-state index contributed by atoms with van der Waals surface area (Å²) in [5.74, 6) is -1.23. The standard InChI is InChI=1S/C25H30N4O5S/c1-25(18-11-5-3-6-12-18)23(31)29(24(32)27-25)17-22(30)26-20-15-9-10-16-21(20)35(33,34)28(2)19-13-7-4-8-14-19/h3,5-6,9-12,15-16,19H,4,7-8,13-14,17H2,1-2H3,(H,26,30)(H,27,32)/t25-/m1/s1. The van der Waals surface area contributed by atoms with Crippen LogP contribution in [0.25, 0.3) is 0 Å². The van der Waals surface area contributed by atoms with Gasteiger partial charge in [0, 0.05) is 13.1 Å². The fourth-order valence-electron chi connectivity index (χ4n) is 4.73. The summed E-state index contributed by atoms with van der Waals surface area (Å²) in [6, 6.07) is 14.2. The number of imide groups is 1. The quantitative estimate of drug-likeness (QED) is 0.570. The van der Waals surface area contributed by atoms with Gasteiger partial charge in [0.25, 0.3) is 5.91 Å². The number of carbonyl (C=O) groups excluding carboxylic acids is 3. The third-order valence-electron chi connectivity index (χ3n) is 6.83. The molecule has 10 heteroatoms. The smallest absolute Gasteiger partial charge is 0.323 e. The number of benzene rings is 2. The molecule has 1 aliphatic heterocycles. The van der Waals surface area contributed by atoms with E-state index in [4.69, 9.17) is 0 Å². The number of urea groups is 1. The van der Waals surface area contributed by atoms with E-state index in [1.165, 1.54) is 16.4 Å². The van der Waals surface area contributed by atoms with Crippen molar-refractivity contribution in [3.8, 4) is 0 Å². The molecule has 1 saturated heterocycles. The molecule has 1 aliphatic carbocycles. The number of anilines is 1. The van der Waals surface area contributed by atoms with Crippen LogP contribution in [0.2, 0.25) is 0 Å². The Hall–Kier alpha value is -3.24. The van der Waals surface area contributed by atoms with Crippen molar-refractivity contribution < 1.29 is 22.8 Å². The molecule has 0 bridgehead atoms. The molecule has 0 radical (unpaired) electrons. The predicted octanol–water partition coefficient (Wildman–Crippen LogP) is 3.05. The maximum Gasteiger partial charge on any atom is 0.325 e. The van der Waals surface area contributed by atoms with E-state index >= 15 is 0 Å². The summed E-state index contributed by atoms with van der Waals surface area (Å²) >= 11 is 0. The zero-order valence-corrected chi connectivity index (χ0v) is 20.7. The summed E-state index contributed by atoms with van der Waals surface area (Å²) in [4.78, 5) is 39.3. The van der Waals surface area contributed by atoms with Crippen LogP contribution in [0.5, 0.6) is 0 Å². The molecule has 2 fully saturated rings. The lowest BCUT2D eigenvalue weighted by Gasteiger charge is -2.31. The Morgan fingerprint density at radius 2 is 1.69 bits per heavy atom. The molecule has 0 spiro atoms. The monoisotopic (exact) mass is 498 g/mol. The second-order valence-corrected chi connectivity index (χ2v) is 11.1. The van der Waals surface area contributed by atoms with Gasteiger partial charge in [0.15, 0.2) is 0 Å². The van der Waals surface area contributed by atoms with Crippen LogP contribution in [0.4, 0.5) is 10.5 Å². The van der Waals surface area contributed by atoms with Crippen molar-refractivity contribution in [2.24, 2.45) is 0 Å². The number of para-hydroxylation sites is 1. The molecular formula is C25H30N4O5S. The number of amides is 4. The zero-order chi connectivity index (χ0) is 25.2. The first-order valence-corrected chi connectivity index (χ1v) is 13.1. The second kappa shape index (κ2) is 9.79. The van der Waals surface area contributed by atoms with E-state index in [0.29, 0.717) is 5.56 Å². The summed E-state index contributed by atoms with van der Waals surface area (Å²) in [6.07, 6.45) is 4.67. The molecule has 2 aliphatic rings. The first-order chi connectivity index (χ1) is 16.6. The Morgan fingerprint density at radius 1 is 1.06 bits per heavy atom. The molecule has 35 heavy (non-hydrogen) atoms. The summed E-state index contributed by atoms with van der Waals surface area (Å²) in [6.45, 7) is 1.05. The van der Waals surface area contributed by atoms with Crippen LogP contribution in [0.3, 0.4) is 0 Å². The molecule has 2 aromatic rings. The van der Waals surface area contributed by atoms with Gasteiger partial charge in [0.1, 0.15) is 17.0 Å². The van der Waals surface area contributed by atoms with Gasteiger partial charge in [-0.1, -0.05) is 61.7 Å². The average Bonchev–Trinajstić information content (AvgIpc) is 3.08. The zero-order valence-electron chi connectivity index (χ0n) is 19.9. The predicted molar refractivity (Wildman–Crippen MR) is 131 cm³/mol. The van der Waals surface area contributed by atoms with Crippen molar-refractivity contribution >= 4 is 33.6 Å². The molecule has 9 nitrogen and oxygen atoms in total. The highest BCUT2D eigenvalue weighted by atomic mass is 32.2. The number of sulfonamides is 1. The van der Waals surface area contributed by atoms with Gasteiger partial charge < -0.3 is 10.6 Å². The van der Waals surface area contributed by atoms with Crippen LogP contribution in [-0.4, -0.2) is 55.1 Å². The number of carbonyl (C=O) groups is 3.